The number of carbonyl (C=O) groups excluding carboxylic acids is 2. The van der Waals surface area contributed by atoms with Crippen molar-refractivity contribution in [3.8, 4) is 6.07 Å². The van der Waals surface area contributed by atoms with Gasteiger partial charge in [0.05, 0.1) is 0 Å². The van der Waals surface area contributed by atoms with E-state index in [-0.39, 0.29) is 11.5 Å². The van der Waals surface area contributed by atoms with Crippen LogP contribution in [-0.4, -0.2) is 11.8 Å². The number of rotatable bonds is 6. The molecule has 0 aliphatic carbocycles. The number of amides is 2. The third kappa shape index (κ3) is 6.01. The Hall–Kier alpha value is -3.59. The van der Waals surface area contributed by atoms with Gasteiger partial charge in [-0.25, -0.2) is 0 Å². The quantitative estimate of drug-likeness (QED) is 0.529. The number of anilines is 3. The van der Waals surface area contributed by atoms with E-state index in [9.17, 15) is 14.9 Å². The third-order valence-electron chi connectivity index (χ3n) is 3.79. The fourth-order valence-electron chi connectivity index (χ4n) is 2.31. The molecule has 0 radical (unpaired) electrons. The zero-order chi connectivity index (χ0) is 19.8. The maximum Gasteiger partial charge on any atom is 0.267 e. The Kier molecular flexibility index (Phi) is 6.73. The van der Waals surface area contributed by atoms with Gasteiger partial charge in [0.1, 0.15) is 11.6 Å². The van der Waals surface area contributed by atoms with Crippen molar-refractivity contribution in [2.24, 2.45) is 0 Å². The molecule has 6 heteroatoms. The zero-order valence-electron chi connectivity index (χ0n) is 15.5. The van der Waals surface area contributed by atoms with E-state index in [2.05, 4.69) is 29.8 Å². The number of carbonyl (C=O) groups is 2. The highest BCUT2D eigenvalue weighted by Gasteiger charge is 2.09. The van der Waals surface area contributed by atoms with E-state index in [1.807, 2.05) is 30.3 Å². The Morgan fingerprint density at radius 1 is 0.926 bits per heavy atom. The lowest BCUT2D eigenvalue weighted by Gasteiger charge is -2.08. The first kappa shape index (κ1) is 19.7. The van der Waals surface area contributed by atoms with Crippen LogP contribution < -0.4 is 16.0 Å². The summed E-state index contributed by atoms with van der Waals surface area (Å²) >= 11 is 0. The van der Waals surface area contributed by atoms with Crippen LogP contribution in [0.3, 0.4) is 0 Å². The lowest BCUT2D eigenvalue weighted by molar-refractivity contribution is -0.114. The molecule has 2 aromatic carbocycles. The molecule has 0 aliphatic rings. The second-order valence-corrected chi connectivity index (χ2v) is 6.30. The fourth-order valence-corrected chi connectivity index (χ4v) is 2.31. The lowest BCUT2D eigenvalue weighted by atomic mass is 10.0. The summed E-state index contributed by atoms with van der Waals surface area (Å²) < 4.78 is 0. The van der Waals surface area contributed by atoms with Gasteiger partial charge in [-0.3, -0.25) is 9.59 Å². The summed E-state index contributed by atoms with van der Waals surface area (Å²) in [6.45, 7) is 5.63. The van der Waals surface area contributed by atoms with Crippen LogP contribution >= 0.6 is 0 Å². The highest BCUT2D eigenvalue weighted by molar-refractivity contribution is 6.06. The Bertz CT molecular complexity index is 876. The Balaban J connectivity index is 2.01. The van der Waals surface area contributed by atoms with Crippen LogP contribution in [0.25, 0.3) is 0 Å². The summed E-state index contributed by atoms with van der Waals surface area (Å²) in [7, 11) is 0. The minimum Gasteiger partial charge on any atom is -0.360 e. The van der Waals surface area contributed by atoms with Crippen LogP contribution in [0.4, 0.5) is 17.1 Å². The summed E-state index contributed by atoms with van der Waals surface area (Å²) in [4.78, 5) is 23.3. The molecule has 0 aromatic heterocycles. The molecule has 2 aromatic rings. The highest BCUT2D eigenvalue weighted by atomic mass is 16.2. The van der Waals surface area contributed by atoms with Crippen LogP contribution in [-0.2, 0) is 9.59 Å². The molecule has 3 N–H and O–H groups in total. The van der Waals surface area contributed by atoms with Gasteiger partial charge in [0.15, 0.2) is 0 Å². The van der Waals surface area contributed by atoms with E-state index in [0.717, 1.165) is 0 Å². The zero-order valence-corrected chi connectivity index (χ0v) is 15.5. The van der Waals surface area contributed by atoms with E-state index in [0.29, 0.717) is 23.0 Å². The summed E-state index contributed by atoms with van der Waals surface area (Å²) in [6, 6.07) is 16.3. The van der Waals surface area contributed by atoms with Gasteiger partial charge in [-0.15, -0.1) is 0 Å². The smallest absolute Gasteiger partial charge is 0.267 e. The molecule has 0 spiro atoms. The summed E-state index contributed by atoms with van der Waals surface area (Å²) in [5.74, 6) is -0.233. The van der Waals surface area contributed by atoms with Gasteiger partial charge in [-0.05, 0) is 47.9 Å². The first-order valence-electron chi connectivity index (χ1n) is 8.55. The average molecular weight is 362 g/mol. The van der Waals surface area contributed by atoms with Gasteiger partial charge in [-0.1, -0.05) is 26.0 Å². The fraction of sp³-hybridized carbons (Fsp3) is 0.190. The van der Waals surface area contributed by atoms with Crippen LogP contribution in [0, 0.1) is 11.3 Å². The van der Waals surface area contributed by atoms with Gasteiger partial charge in [-0.2, -0.15) is 5.26 Å². The molecule has 0 fully saturated rings. The SMILES string of the molecule is CC(=O)Nc1ccc(N/C=C(/C#N)C(=O)Nc2ccc(C(C)C)cc2)cc1. The molecule has 2 rings (SSSR count). The maximum absolute atomic E-state index is 12.3. The Labute approximate surface area is 158 Å². The van der Waals surface area contributed by atoms with Crippen molar-refractivity contribution in [1.82, 2.24) is 0 Å². The number of benzene rings is 2. The summed E-state index contributed by atoms with van der Waals surface area (Å²) in [5, 5.41) is 17.5. The number of nitriles is 1. The van der Waals surface area contributed by atoms with E-state index in [4.69, 9.17) is 0 Å². The topological polar surface area (TPSA) is 94.0 Å². The number of hydrogen-bond acceptors (Lipinski definition) is 4. The molecule has 0 heterocycles. The van der Waals surface area contributed by atoms with Gasteiger partial charge in [0.2, 0.25) is 5.91 Å². The predicted octanol–water partition coefficient (Wildman–Crippen LogP) is 4.23. The molecule has 2 amide bonds. The monoisotopic (exact) mass is 362 g/mol. The second kappa shape index (κ2) is 9.20. The van der Waals surface area contributed by atoms with Crippen molar-refractivity contribution in [3.63, 3.8) is 0 Å². The van der Waals surface area contributed by atoms with Crippen molar-refractivity contribution in [2.75, 3.05) is 16.0 Å². The molecule has 0 saturated carbocycles. The van der Waals surface area contributed by atoms with Crippen molar-refractivity contribution in [3.05, 3.63) is 65.9 Å². The van der Waals surface area contributed by atoms with Crippen LogP contribution in [0.2, 0.25) is 0 Å². The number of hydrogen-bond donors (Lipinski definition) is 3. The van der Waals surface area contributed by atoms with E-state index in [1.165, 1.54) is 18.7 Å². The van der Waals surface area contributed by atoms with Crippen LogP contribution in [0.5, 0.6) is 0 Å². The van der Waals surface area contributed by atoms with E-state index in [1.54, 1.807) is 24.3 Å². The Morgan fingerprint density at radius 2 is 1.44 bits per heavy atom. The van der Waals surface area contributed by atoms with E-state index < -0.39 is 5.91 Å². The third-order valence-corrected chi connectivity index (χ3v) is 3.79. The largest absolute Gasteiger partial charge is 0.360 e. The normalized spacial score (nSPS) is 10.9. The van der Waals surface area contributed by atoms with Crippen molar-refractivity contribution in [1.29, 1.82) is 5.26 Å². The summed E-state index contributed by atoms with van der Waals surface area (Å²) in [5.41, 5.74) is 3.11. The molecule has 27 heavy (non-hydrogen) atoms. The van der Waals surface area contributed by atoms with Gasteiger partial charge >= 0.3 is 0 Å². The molecule has 6 nitrogen and oxygen atoms in total. The standard InChI is InChI=1S/C21H22N4O2/c1-14(2)16-4-6-20(7-5-16)25-21(27)17(12-22)13-23-18-8-10-19(11-9-18)24-15(3)26/h4-11,13-14,23H,1-3H3,(H,24,26)(H,25,27)/b17-13-. The highest BCUT2D eigenvalue weighted by Crippen LogP contribution is 2.18. The molecule has 0 atom stereocenters. The second-order valence-electron chi connectivity index (χ2n) is 6.30. The van der Waals surface area contributed by atoms with Crippen LogP contribution in [0.15, 0.2) is 60.3 Å². The molecular formula is C21H22N4O2. The van der Waals surface area contributed by atoms with Gasteiger partial charge in [0.25, 0.3) is 5.91 Å². The summed E-state index contributed by atoms with van der Waals surface area (Å²) in [6.07, 6.45) is 1.35. The minimum atomic E-state index is -0.489. The van der Waals surface area contributed by atoms with E-state index >= 15 is 0 Å². The lowest BCUT2D eigenvalue weighted by Crippen LogP contribution is -2.14. The molecule has 0 unspecified atom stereocenters. The van der Waals surface area contributed by atoms with Crippen molar-refractivity contribution in [2.45, 2.75) is 26.7 Å². The Morgan fingerprint density at radius 3 is 1.96 bits per heavy atom. The van der Waals surface area contributed by atoms with Crippen molar-refractivity contribution >= 4 is 28.9 Å². The number of nitrogens with zero attached hydrogens (tertiary/aromatic N) is 1. The first-order chi connectivity index (χ1) is 12.9. The minimum absolute atomic E-state index is 0.0473. The molecular weight excluding hydrogens is 340 g/mol. The molecule has 138 valence electrons. The van der Waals surface area contributed by atoms with Gasteiger partial charge < -0.3 is 16.0 Å². The maximum atomic E-state index is 12.3. The molecule has 0 bridgehead atoms. The van der Waals surface area contributed by atoms with Gasteiger partial charge in [0, 0.05) is 30.2 Å². The first-order valence-corrected chi connectivity index (χ1v) is 8.55. The molecule has 0 saturated heterocycles. The average Bonchev–Trinajstić information content (AvgIpc) is 2.63. The van der Waals surface area contributed by atoms with Crippen LogP contribution in [0.1, 0.15) is 32.3 Å². The van der Waals surface area contributed by atoms with Crippen molar-refractivity contribution < 1.29 is 9.59 Å². The number of nitrogens with one attached hydrogen (secondary N) is 3. The predicted molar refractivity (Wildman–Crippen MR) is 107 cm³/mol. The molecule has 0 aliphatic heterocycles.